The molecule has 0 unspecified atom stereocenters. The number of aliphatic hydroxyl groups is 1. The number of carboxylic acids is 4. The van der Waals surface area contributed by atoms with Gasteiger partial charge >= 0.3 is 23.9 Å². The van der Waals surface area contributed by atoms with Crippen molar-refractivity contribution >= 4 is 83.0 Å². The van der Waals surface area contributed by atoms with E-state index in [1.54, 1.807) is 30.3 Å². The van der Waals surface area contributed by atoms with Crippen molar-refractivity contribution in [2.45, 2.75) is 166 Å². The number of hydrogen-bond donors (Lipinski definition) is 18. The Morgan fingerprint density at radius 1 is 0.482 bits per heavy atom. The summed E-state index contributed by atoms with van der Waals surface area (Å²) in [6.45, 7) is 6.58. The maximum atomic E-state index is 14.0. The summed E-state index contributed by atoms with van der Waals surface area (Å²) in [4.78, 5) is 174. The van der Waals surface area contributed by atoms with Crippen molar-refractivity contribution in [1.82, 2.24) is 47.9 Å². The van der Waals surface area contributed by atoms with E-state index in [1.807, 2.05) is 0 Å². The Balaban J connectivity index is 3.41. The zero-order valence-electron chi connectivity index (χ0n) is 47.0. The van der Waals surface area contributed by atoms with Crippen LogP contribution in [0.15, 0.2) is 35.3 Å². The Labute approximate surface area is 478 Å². The lowest BCUT2D eigenvalue weighted by atomic mass is 9.99. The smallest absolute Gasteiger partial charge is 0.326 e. The SMILES string of the molecule is CC(C)[C@H](NC(=O)[C@H](CCCCN)NC(=O)[C@@H](NC(=O)[C@H](CCC(=O)O)NC(=O)[C@@H](N)CO)C(C)C)C(=O)N[C@@H](CC(=O)O)C(=O)N[C@@H](C)C(=O)N[C@@H](CCC(=O)O)C(=O)N[C@@H](Cc1ccccc1)C(=O)N[C@@H](CCCN=C(N)N)C(=O)O. The molecule has 0 radical (unpaired) electrons. The van der Waals surface area contributed by atoms with Crippen LogP contribution in [0.2, 0.25) is 0 Å². The molecule has 1 aromatic rings. The van der Waals surface area contributed by atoms with Crippen LogP contribution in [-0.4, -0.2) is 189 Å². The molecule has 1 rings (SSSR count). The fourth-order valence-electron chi connectivity index (χ4n) is 7.72. The summed E-state index contributed by atoms with van der Waals surface area (Å²) in [5.41, 5.74) is 22.4. The molecule has 464 valence electrons. The molecule has 0 aliphatic heterocycles. The molecule has 0 spiro atoms. The molecule has 9 amide bonds. The normalized spacial score (nSPS) is 14.6. The van der Waals surface area contributed by atoms with Crippen LogP contribution < -0.4 is 70.8 Å². The highest BCUT2D eigenvalue weighted by molar-refractivity contribution is 5.99. The molecule has 83 heavy (non-hydrogen) atoms. The van der Waals surface area contributed by atoms with E-state index in [-0.39, 0.29) is 51.2 Å². The van der Waals surface area contributed by atoms with Crippen molar-refractivity contribution in [1.29, 1.82) is 0 Å². The number of carboxylic acid groups (broad SMARTS) is 4. The summed E-state index contributed by atoms with van der Waals surface area (Å²) in [7, 11) is 0. The van der Waals surface area contributed by atoms with E-state index in [0.717, 1.165) is 6.92 Å². The average Bonchev–Trinajstić information content (AvgIpc) is 3.40. The number of carbonyl (C=O) groups excluding carboxylic acids is 9. The van der Waals surface area contributed by atoms with Crippen molar-refractivity contribution in [3.8, 4) is 0 Å². The summed E-state index contributed by atoms with van der Waals surface area (Å²) in [5.74, 6) is -16.8. The van der Waals surface area contributed by atoms with Gasteiger partial charge in [-0.15, -0.1) is 0 Å². The van der Waals surface area contributed by atoms with Gasteiger partial charge in [0.25, 0.3) is 0 Å². The standard InChI is InChI=1S/C51H82N14O18/c1-25(2)39(65-45(77)32(17-19-37(69)70)59-42(74)29(53)24-66)48(80)60-30(14-9-10-20-52)44(76)64-40(26(3)4)49(81)63-35(23-38(71)72)46(78)57-27(5)41(73)58-31(16-18-36(67)68)43(75)62-34(22-28-12-7-6-8-13-28)47(79)61-33(50(82)83)15-11-21-56-51(54)55/h6-8,12-13,25-27,29-35,39-40,66H,9-11,14-24,52-53H2,1-5H3,(H,57,78)(H,58,73)(H,59,74)(H,60,80)(H,61,79)(H,62,75)(H,63,81)(H,64,76)(H,65,77)(H,67,68)(H,69,70)(H,71,72)(H,82,83)(H4,54,55,56)/t27-,29-,30-,31-,32-,33-,34-,35-,39-,40-/m0/s1. The molecule has 1 aromatic carbocycles. The van der Waals surface area contributed by atoms with Crippen molar-refractivity contribution in [2.75, 3.05) is 19.7 Å². The van der Waals surface area contributed by atoms with Crippen LogP contribution in [0, 0.1) is 11.8 Å². The molecule has 0 aliphatic carbocycles. The first-order chi connectivity index (χ1) is 38.9. The lowest BCUT2D eigenvalue weighted by molar-refractivity contribution is -0.143. The topological polar surface area (TPSA) is 548 Å². The number of aliphatic imine (C=N–C) groups is 1. The number of aliphatic carboxylic acids is 4. The van der Waals surface area contributed by atoms with Crippen molar-refractivity contribution in [3.05, 3.63) is 35.9 Å². The number of hydrogen-bond acceptors (Lipinski definition) is 17. The highest BCUT2D eigenvalue weighted by atomic mass is 16.4. The number of amides is 9. The van der Waals surface area contributed by atoms with Gasteiger partial charge in [-0.3, -0.25) is 62.5 Å². The largest absolute Gasteiger partial charge is 0.481 e. The van der Waals surface area contributed by atoms with Gasteiger partial charge < -0.3 is 96.3 Å². The number of benzene rings is 1. The number of nitrogens with zero attached hydrogens (tertiary/aromatic N) is 1. The van der Waals surface area contributed by atoms with Crippen LogP contribution in [-0.2, 0) is 68.7 Å². The quantitative estimate of drug-likeness (QED) is 0.0166. The molecule has 32 heteroatoms. The maximum Gasteiger partial charge on any atom is 0.326 e. The number of aliphatic hydroxyl groups excluding tert-OH is 1. The second kappa shape index (κ2) is 37.5. The molecular weight excluding hydrogens is 1100 g/mol. The zero-order chi connectivity index (χ0) is 63.1. The monoisotopic (exact) mass is 1180 g/mol. The summed E-state index contributed by atoms with van der Waals surface area (Å²) in [5, 5.41) is 69.1. The predicted molar refractivity (Wildman–Crippen MR) is 294 cm³/mol. The number of nitrogens with one attached hydrogen (secondary N) is 9. The second-order valence-electron chi connectivity index (χ2n) is 20.1. The van der Waals surface area contributed by atoms with Gasteiger partial charge in [0.05, 0.1) is 13.0 Å². The maximum absolute atomic E-state index is 14.0. The van der Waals surface area contributed by atoms with Crippen molar-refractivity contribution in [2.24, 2.45) is 39.8 Å². The Morgan fingerprint density at radius 2 is 0.904 bits per heavy atom. The molecule has 0 saturated carbocycles. The highest BCUT2D eigenvalue weighted by Gasteiger charge is 2.37. The minimum atomic E-state index is -1.93. The first-order valence-corrected chi connectivity index (χ1v) is 26.7. The van der Waals surface area contributed by atoms with E-state index in [2.05, 4.69) is 52.8 Å². The molecule has 22 N–H and O–H groups in total. The molecule has 0 bridgehead atoms. The lowest BCUT2D eigenvalue weighted by Crippen LogP contribution is -2.61. The molecule has 0 aromatic heterocycles. The van der Waals surface area contributed by atoms with Crippen LogP contribution in [0.5, 0.6) is 0 Å². The van der Waals surface area contributed by atoms with E-state index < -0.39 is 188 Å². The summed E-state index contributed by atoms with van der Waals surface area (Å²) in [6, 6.07) is -7.40. The number of carbonyl (C=O) groups is 13. The Bertz CT molecular complexity index is 2430. The number of nitrogens with two attached hydrogens (primary N) is 4. The Hall–Kier alpha value is -8.52. The Kier molecular flexibility index (Phi) is 32.7. The third kappa shape index (κ3) is 28.2. The fourth-order valence-corrected chi connectivity index (χ4v) is 7.72. The van der Waals surface area contributed by atoms with Crippen LogP contribution in [0.25, 0.3) is 0 Å². The van der Waals surface area contributed by atoms with Crippen molar-refractivity contribution < 1.29 is 87.9 Å². The van der Waals surface area contributed by atoms with Crippen LogP contribution >= 0.6 is 0 Å². The predicted octanol–water partition coefficient (Wildman–Crippen LogP) is -5.28. The van der Waals surface area contributed by atoms with Gasteiger partial charge in [-0.2, -0.15) is 0 Å². The number of guanidine groups is 1. The molecule has 0 heterocycles. The number of rotatable bonds is 40. The second-order valence-corrected chi connectivity index (χ2v) is 20.1. The summed E-state index contributed by atoms with van der Waals surface area (Å²) in [6.07, 6.45) is -3.02. The van der Waals surface area contributed by atoms with Gasteiger partial charge in [-0.25, -0.2) is 4.79 Å². The van der Waals surface area contributed by atoms with Crippen LogP contribution in [0.1, 0.15) is 104 Å². The lowest BCUT2D eigenvalue weighted by Gasteiger charge is -2.29. The van der Waals surface area contributed by atoms with Crippen LogP contribution in [0.3, 0.4) is 0 Å². The summed E-state index contributed by atoms with van der Waals surface area (Å²) >= 11 is 0. The van der Waals surface area contributed by atoms with Crippen molar-refractivity contribution in [3.63, 3.8) is 0 Å². The first-order valence-electron chi connectivity index (χ1n) is 26.7. The van der Waals surface area contributed by atoms with E-state index in [4.69, 9.17) is 22.9 Å². The molecule has 0 fully saturated rings. The van der Waals surface area contributed by atoms with Gasteiger partial charge in [-0.1, -0.05) is 58.0 Å². The molecule has 10 atom stereocenters. The van der Waals surface area contributed by atoms with Gasteiger partial charge in [0.1, 0.15) is 60.4 Å². The minimum Gasteiger partial charge on any atom is -0.481 e. The molecule has 0 aliphatic rings. The van der Waals surface area contributed by atoms with E-state index in [0.29, 0.717) is 12.0 Å². The first kappa shape index (κ1) is 72.5. The highest BCUT2D eigenvalue weighted by Crippen LogP contribution is 2.12. The average molecular weight is 1180 g/mol. The van der Waals surface area contributed by atoms with Crippen LogP contribution in [0.4, 0.5) is 0 Å². The van der Waals surface area contributed by atoms with Gasteiger partial charge in [0.2, 0.25) is 53.2 Å². The van der Waals surface area contributed by atoms with Gasteiger partial charge in [-0.05, 0) is 75.8 Å². The minimum absolute atomic E-state index is 0.0395. The fraction of sp³-hybridized carbons (Fsp3) is 0.608. The molecular formula is C51H82N14O18. The van der Waals surface area contributed by atoms with E-state index in [9.17, 15) is 87.9 Å². The molecule has 0 saturated heterocycles. The Morgan fingerprint density at radius 3 is 1.36 bits per heavy atom. The van der Waals surface area contributed by atoms with E-state index >= 15 is 0 Å². The molecule has 32 nitrogen and oxygen atoms in total. The van der Waals surface area contributed by atoms with Gasteiger partial charge in [0, 0.05) is 25.8 Å². The zero-order valence-corrected chi connectivity index (χ0v) is 47.0. The third-order valence-corrected chi connectivity index (χ3v) is 12.4. The van der Waals surface area contributed by atoms with Gasteiger partial charge in [0.15, 0.2) is 5.96 Å². The number of unbranched alkanes of at least 4 members (excludes halogenated alkanes) is 1. The third-order valence-electron chi connectivity index (χ3n) is 12.4. The van der Waals surface area contributed by atoms with E-state index in [1.165, 1.54) is 27.7 Å². The summed E-state index contributed by atoms with van der Waals surface area (Å²) < 4.78 is 0.